The first-order chi connectivity index (χ1) is 6.72. The van der Waals surface area contributed by atoms with Gasteiger partial charge in [-0.05, 0) is 37.9 Å². The average Bonchev–Trinajstić information content (AvgIpc) is 2.17. The van der Waals surface area contributed by atoms with E-state index in [1.54, 1.807) is 0 Å². The van der Waals surface area contributed by atoms with Crippen LogP contribution in [0, 0.1) is 6.92 Å². The molecule has 2 amide bonds. The van der Waals surface area contributed by atoms with Crippen LogP contribution >= 0.6 is 11.9 Å². The topological polar surface area (TPSA) is 41.1 Å². The Bertz CT molecular complexity index is 297. The number of aryl methyl sites for hydroxylation is 1. The lowest BCUT2D eigenvalue weighted by atomic mass is 10.2. The lowest BCUT2D eigenvalue weighted by Crippen LogP contribution is -2.30. The van der Waals surface area contributed by atoms with Gasteiger partial charge in [-0.15, -0.1) is 0 Å². The van der Waals surface area contributed by atoms with E-state index < -0.39 is 0 Å². The molecule has 0 aliphatic heterocycles. The Morgan fingerprint density at radius 1 is 1.36 bits per heavy atom. The van der Waals surface area contributed by atoms with E-state index in [4.69, 9.17) is 0 Å². The third-order valence-corrected chi connectivity index (χ3v) is 2.42. The van der Waals surface area contributed by atoms with Crippen molar-refractivity contribution in [1.82, 2.24) is 10.0 Å². The molecule has 2 N–H and O–H groups in total. The van der Waals surface area contributed by atoms with Gasteiger partial charge in [-0.1, -0.05) is 17.7 Å². The molecule has 1 rings (SSSR count). The van der Waals surface area contributed by atoms with Crippen LogP contribution in [0.2, 0.25) is 0 Å². The first-order valence-corrected chi connectivity index (χ1v) is 5.31. The quantitative estimate of drug-likeness (QED) is 0.752. The van der Waals surface area contributed by atoms with Gasteiger partial charge in [-0.3, -0.25) is 4.72 Å². The number of urea groups is 1. The van der Waals surface area contributed by atoms with Crippen molar-refractivity contribution >= 4 is 18.0 Å². The van der Waals surface area contributed by atoms with Gasteiger partial charge in [-0.25, -0.2) is 4.79 Å². The molecule has 0 aromatic heterocycles. The predicted octanol–water partition coefficient (Wildman–Crippen LogP) is 2.32. The molecular formula is C10H14N2OS. The summed E-state index contributed by atoms with van der Waals surface area (Å²) in [6.07, 6.45) is 0. The summed E-state index contributed by atoms with van der Waals surface area (Å²) in [5, 5.41) is 2.66. The van der Waals surface area contributed by atoms with E-state index in [0.29, 0.717) is 6.54 Å². The maximum absolute atomic E-state index is 11.0. The molecule has 4 heteroatoms. The van der Waals surface area contributed by atoms with Gasteiger partial charge in [0.25, 0.3) is 0 Å². The number of nitrogens with one attached hydrogen (secondary N) is 2. The monoisotopic (exact) mass is 210 g/mol. The Kier molecular flexibility index (Phi) is 4.32. The third kappa shape index (κ3) is 3.70. The molecule has 0 radical (unpaired) electrons. The fourth-order valence-electron chi connectivity index (χ4n) is 0.908. The van der Waals surface area contributed by atoms with Crippen molar-refractivity contribution in [2.45, 2.75) is 18.7 Å². The van der Waals surface area contributed by atoms with Gasteiger partial charge in [0.05, 0.1) is 0 Å². The molecule has 0 spiro atoms. The maximum Gasteiger partial charge on any atom is 0.325 e. The molecule has 0 aliphatic rings. The summed E-state index contributed by atoms with van der Waals surface area (Å²) in [6, 6.07) is 7.83. The van der Waals surface area contributed by atoms with E-state index in [-0.39, 0.29) is 6.03 Å². The van der Waals surface area contributed by atoms with Crippen LogP contribution in [0.15, 0.2) is 29.2 Å². The molecule has 0 unspecified atom stereocenters. The van der Waals surface area contributed by atoms with Gasteiger partial charge in [0, 0.05) is 11.4 Å². The molecule has 0 saturated carbocycles. The Hall–Kier alpha value is -1.16. The van der Waals surface area contributed by atoms with Gasteiger partial charge in [0.1, 0.15) is 0 Å². The normalized spacial score (nSPS) is 9.57. The van der Waals surface area contributed by atoms with E-state index in [2.05, 4.69) is 10.0 Å². The van der Waals surface area contributed by atoms with Crippen molar-refractivity contribution in [2.75, 3.05) is 6.54 Å². The molecule has 0 aliphatic carbocycles. The second kappa shape index (κ2) is 5.54. The minimum atomic E-state index is -0.155. The van der Waals surface area contributed by atoms with E-state index in [0.717, 1.165) is 4.90 Å². The minimum Gasteiger partial charge on any atom is -0.338 e. The van der Waals surface area contributed by atoms with Gasteiger partial charge in [0.15, 0.2) is 0 Å². The summed E-state index contributed by atoms with van der Waals surface area (Å²) in [6.45, 7) is 4.56. The Morgan fingerprint density at radius 2 is 2.00 bits per heavy atom. The van der Waals surface area contributed by atoms with E-state index in [1.807, 2.05) is 38.1 Å². The molecule has 14 heavy (non-hydrogen) atoms. The molecule has 0 fully saturated rings. The standard InChI is InChI=1S/C10H14N2OS/c1-3-11-10(13)12-14-9-6-4-8(2)5-7-9/h4-7H,3H2,1-2H3,(H2,11,12,13). The highest BCUT2D eigenvalue weighted by molar-refractivity contribution is 7.98. The summed E-state index contributed by atoms with van der Waals surface area (Å²) in [7, 11) is 0. The first-order valence-electron chi connectivity index (χ1n) is 4.49. The van der Waals surface area contributed by atoms with Crippen molar-refractivity contribution in [3.8, 4) is 0 Å². The van der Waals surface area contributed by atoms with Crippen LogP contribution in [0.25, 0.3) is 0 Å². The number of hydrogen-bond donors (Lipinski definition) is 2. The van der Waals surface area contributed by atoms with Crippen molar-refractivity contribution < 1.29 is 4.79 Å². The number of carbonyl (C=O) groups excluding carboxylic acids is 1. The molecule has 0 atom stereocenters. The van der Waals surface area contributed by atoms with Crippen LogP contribution in [0.5, 0.6) is 0 Å². The highest BCUT2D eigenvalue weighted by Gasteiger charge is 1.98. The zero-order chi connectivity index (χ0) is 10.4. The van der Waals surface area contributed by atoms with E-state index >= 15 is 0 Å². The largest absolute Gasteiger partial charge is 0.338 e. The number of amides is 2. The number of rotatable bonds is 3. The molecule has 0 heterocycles. The molecule has 0 saturated heterocycles. The van der Waals surface area contributed by atoms with Gasteiger partial charge in [-0.2, -0.15) is 0 Å². The first kappa shape index (κ1) is 10.9. The van der Waals surface area contributed by atoms with Crippen LogP contribution in [0.3, 0.4) is 0 Å². The predicted molar refractivity (Wildman–Crippen MR) is 59.2 cm³/mol. The van der Waals surface area contributed by atoms with Crippen molar-refractivity contribution in [3.05, 3.63) is 29.8 Å². The Morgan fingerprint density at radius 3 is 2.57 bits per heavy atom. The number of hydrogen-bond acceptors (Lipinski definition) is 2. The van der Waals surface area contributed by atoms with Gasteiger partial charge >= 0.3 is 6.03 Å². The SMILES string of the molecule is CCNC(=O)NSc1ccc(C)cc1. The summed E-state index contributed by atoms with van der Waals surface area (Å²) in [4.78, 5) is 12.1. The molecular weight excluding hydrogens is 196 g/mol. The highest BCUT2D eigenvalue weighted by atomic mass is 32.2. The second-order valence-electron chi connectivity index (χ2n) is 2.88. The van der Waals surface area contributed by atoms with Crippen LogP contribution in [0.4, 0.5) is 4.79 Å². The van der Waals surface area contributed by atoms with Crippen LogP contribution in [-0.2, 0) is 0 Å². The lowest BCUT2D eigenvalue weighted by Gasteiger charge is -2.04. The molecule has 76 valence electrons. The lowest BCUT2D eigenvalue weighted by molar-refractivity contribution is 0.247. The molecule has 0 bridgehead atoms. The van der Waals surface area contributed by atoms with Crippen molar-refractivity contribution in [1.29, 1.82) is 0 Å². The smallest absolute Gasteiger partial charge is 0.325 e. The molecule has 1 aromatic carbocycles. The summed E-state index contributed by atoms with van der Waals surface area (Å²) >= 11 is 1.32. The van der Waals surface area contributed by atoms with Crippen LogP contribution < -0.4 is 10.0 Å². The minimum absolute atomic E-state index is 0.155. The van der Waals surface area contributed by atoms with Crippen molar-refractivity contribution in [3.63, 3.8) is 0 Å². The Labute approximate surface area is 88.4 Å². The van der Waals surface area contributed by atoms with Crippen LogP contribution in [0.1, 0.15) is 12.5 Å². The third-order valence-electron chi connectivity index (χ3n) is 1.62. The zero-order valence-corrected chi connectivity index (χ0v) is 9.15. The van der Waals surface area contributed by atoms with Gasteiger partial charge in [0.2, 0.25) is 0 Å². The summed E-state index contributed by atoms with van der Waals surface area (Å²) < 4.78 is 2.69. The maximum atomic E-state index is 11.0. The Balaban J connectivity index is 2.38. The number of carbonyl (C=O) groups is 1. The van der Waals surface area contributed by atoms with Crippen LogP contribution in [-0.4, -0.2) is 12.6 Å². The molecule has 1 aromatic rings. The summed E-state index contributed by atoms with van der Waals surface area (Å²) in [5.41, 5.74) is 1.22. The van der Waals surface area contributed by atoms with Crippen molar-refractivity contribution in [2.24, 2.45) is 0 Å². The van der Waals surface area contributed by atoms with E-state index in [1.165, 1.54) is 17.5 Å². The van der Waals surface area contributed by atoms with Gasteiger partial charge < -0.3 is 5.32 Å². The fourth-order valence-corrected chi connectivity index (χ4v) is 1.46. The number of benzene rings is 1. The average molecular weight is 210 g/mol. The van der Waals surface area contributed by atoms with E-state index in [9.17, 15) is 4.79 Å². The molecule has 3 nitrogen and oxygen atoms in total. The highest BCUT2D eigenvalue weighted by Crippen LogP contribution is 2.14. The zero-order valence-electron chi connectivity index (χ0n) is 8.33. The second-order valence-corrected chi connectivity index (χ2v) is 3.76. The fraction of sp³-hybridized carbons (Fsp3) is 0.300. The summed E-state index contributed by atoms with van der Waals surface area (Å²) in [5.74, 6) is 0.